The molecule has 0 aromatic heterocycles. The molecule has 3 aromatic carbocycles. The average molecular weight is 709 g/mol. The molecule has 3 aromatic rings. The molecule has 6 atom stereocenters. The normalized spacial score (nSPS) is 26.9. The number of nitrogens with zero attached hydrogens (tertiary/aromatic N) is 2. The van der Waals surface area contributed by atoms with E-state index in [1.807, 2.05) is 35.2 Å². The van der Waals surface area contributed by atoms with Gasteiger partial charge < -0.3 is 34.5 Å². The third-order valence-electron chi connectivity index (χ3n) is 11.7. The average Bonchev–Trinajstić information content (AvgIpc) is 4.01. The minimum absolute atomic E-state index is 0.0664. The number of carbonyl (C=O) groups excluding carboxylic acids is 1. The molecule has 0 spiro atoms. The van der Waals surface area contributed by atoms with Gasteiger partial charge in [-0.1, -0.05) is 72.6 Å². The standard InChI is InChI=1S/C43H52N2O7/c1-3-23-51-43-39(45(42(49)29-17-18-29)27-31-14-10-13-28-11-4-5-15-33(28)31)26-37(44-50-2)35-24-30(12-6-8-21-46)34(16-7-9-22-47)40(41(35)43)36-25-32(48)19-20-38(36)52-43/h3-5,10-11,13-15,19-20,24-25,29-30,34,39-41,46-48H,1,6-9,12,16-18,21-23,26-27H2,2H3. The summed E-state index contributed by atoms with van der Waals surface area (Å²) in [6.07, 6.45) is 10.9. The highest BCUT2D eigenvalue weighted by Crippen LogP contribution is 2.62. The number of rotatable bonds is 16. The summed E-state index contributed by atoms with van der Waals surface area (Å²) in [7, 11) is 1.56. The SMILES string of the molecule is C=CCOC12Oc3ccc(O)cc3C3C(CCCCO)C(CCCCO)C=C(C(=NOC)CC1N(Cc1cccc4ccccc14)C(=O)C1CC1)C32. The van der Waals surface area contributed by atoms with Crippen molar-refractivity contribution in [3.8, 4) is 11.5 Å². The van der Waals surface area contributed by atoms with E-state index < -0.39 is 17.7 Å². The lowest BCUT2D eigenvalue weighted by Crippen LogP contribution is -2.70. The van der Waals surface area contributed by atoms with Crippen LogP contribution in [0.5, 0.6) is 11.5 Å². The van der Waals surface area contributed by atoms with Crippen LogP contribution in [-0.4, -0.2) is 70.6 Å². The van der Waals surface area contributed by atoms with Gasteiger partial charge in [0, 0.05) is 43.6 Å². The van der Waals surface area contributed by atoms with Crippen molar-refractivity contribution < 1.29 is 34.4 Å². The largest absolute Gasteiger partial charge is 0.508 e. The smallest absolute Gasteiger partial charge is 0.239 e. The molecule has 2 fully saturated rings. The van der Waals surface area contributed by atoms with Gasteiger partial charge in [0.2, 0.25) is 11.7 Å². The first-order valence-electron chi connectivity index (χ1n) is 19.0. The Morgan fingerprint density at radius 1 is 1.04 bits per heavy atom. The van der Waals surface area contributed by atoms with Crippen molar-refractivity contribution in [2.45, 2.75) is 82.1 Å². The van der Waals surface area contributed by atoms with E-state index >= 15 is 0 Å². The van der Waals surface area contributed by atoms with E-state index in [4.69, 9.17) is 14.3 Å². The van der Waals surface area contributed by atoms with E-state index in [0.717, 1.165) is 71.7 Å². The summed E-state index contributed by atoms with van der Waals surface area (Å²) >= 11 is 0. The van der Waals surface area contributed by atoms with Gasteiger partial charge in [0.1, 0.15) is 24.7 Å². The monoisotopic (exact) mass is 708 g/mol. The Bertz CT molecular complexity index is 1810. The number of aliphatic hydroxyl groups excluding tert-OH is 2. The summed E-state index contributed by atoms with van der Waals surface area (Å²) in [6.45, 7) is 4.83. The Balaban J connectivity index is 1.44. The molecule has 6 unspecified atom stereocenters. The number of unbranched alkanes of at least 4 members (excludes halogenated alkanes) is 2. The van der Waals surface area contributed by atoms with Crippen LogP contribution in [0.15, 0.2) is 90.1 Å². The number of aliphatic hydroxyl groups is 2. The van der Waals surface area contributed by atoms with E-state index in [2.05, 4.69) is 42.1 Å². The zero-order valence-electron chi connectivity index (χ0n) is 30.2. The van der Waals surface area contributed by atoms with Gasteiger partial charge in [-0.15, -0.1) is 6.58 Å². The Morgan fingerprint density at radius 3 is 2.56 bits per heavy atom. The molecular formula is C43H52N2O7. The van der Waals surface area contributed by atoms with E-state index in [-0.39, 0.29) is 55.1 Å². The van der Waals surface area contributed by atoms with Gasteiger partial charge in [-0.25, -0.2) is 0 Å². The predicted octanol–water partition coefficient (Wildman–Crippen LogP) is 7.25. The molecule has 1 amide bonds. The van der Waals surface area contributed by atoms with Gasteiger partial charge in [0.15, 0.2) is 0 Å². The summed E-state index contributed by atoms with van der Waals surface area (Å²) in [5, 5.41) is 37.3. The summed E-state index contributed by atoms with van der Waals surface area (Å²) < 4.78 is 14.3. The lowest BCUT2D eigenvalue weighted by Gasteiger charge is -2.60. The Kier molecular flexibility index (Phi) is 11.0. The van der Waals surface area contributed by atoms with E-state index in [1.165, 1.54) is 0 Å². The van der Waals surface area contributed by atoms with E-state index in [0.29, 0.717) is 31.6 Å². The number of aromatic hydroxyl groups is 1. The molecule has 0 saturated heterocycles. The summed E-state index contributed by atoms with van der Waals surface area (Å²) in [6, 6.07) is 19.2. The molecular weight excluding hydrogens is 656 g/mol. The first kappa shape index (κ1) is 36.2. The van der Waals surface area contributed by atoms with Crippen molar-refractivity contribution >= 4 is 22.4 Å². The van der Waals surface area contributed by atoms with Crippen molar-refractivity contribution in [3.05, 3.63) is 96.1 Å². The van der Waals surface area contributed by atoms with Crippen molar-refractivity contribution in [2.75, 3.05) is 26.9 Å². The van der Waals surface area contributed by atoms with Crippen molar-refractivity contribution in [1.82, 2.24) is 4.90 Å². The van der Waals surface area contributed by atoms with Crippen LogP contribution in [0.1, 0.15) is 74.8 Å². The molecule has 0 radical (unpaired) electrons. The molecule has 1 heterocycles. The minimum atomic E-state index is -1.32. The quantitative estimate of drug-likeness (QED) is 0.0815. The number of ether oxygens (including phenoxy) is 2. The molecule has 0 bridgehead atoms. The maximum atomic E-state index is 14.7. The van der Waals surface area contributed by atoms with E-state index in [9.17, 15) is 20.1 Å². The third kappa shape index (κ3) is 6.86. The molecule has 3 N–H and O–H groups in total. The number of phenols is 1. The molecule has 3 aliphatic carbocycles. The minimum Gasteiger partial charge on any atom is -0.508 e. The number of oxime groups is 1. The van der Waals surface area contributed by atoms with Crippen LogP contribution in [0.25, 0.3) is 10.8 Å². The molecule has 9 heteroatoms. The summed E-state index contributed by atoms with van der Waals surface area (Å²) in [5.41, 5.74) is 3.70. The molecule has 2 saturated carbocycles. The number of phenolic OH excluding ortho intramolecular Hbond substituents is 1. The number of carbonyl (C=O) groups is 1. The molecule has 7 rings (SSSR count). The van der Waals surface area contributed by atoms with Crippen LogP contribution in [0.3, 0.4) is 0 Å². The zero-order valence-corrected chi connectivity index (χ0v) is 30.2. The van der Waals surface area contributed by atoms with Gasteiger partial charge in [0.05, 0.1) is 18.2 Å². The fourth-order valence-electron chi connectivity index (χ4n) is 9.29. The summed E-state index contributed by atoms with van der Waals surface area (Å²) in [4.78, 5) is 22.3. The van der Waals surface area contributed by atoms with Gasteiger partial charge in [-0.2, -0.15) is 0 Å². The predicted molar refractivity (Wildman–Crippen MR) is 201 cm³/mol. The third-order valence-corrected chi connectivity index (χ3v) is 11.7. The second-order valence-corrected chi connectivity index (χ2v) is 14.9. The number of benzene rings is 3. The molecule has 276 valence electrons. The topological polar surface area (TPSA) is 121 Å². The Hall–Kier alpha value is -4.18. The van der Waals surface area contributed by atoms with Crippen molar-refractivity contribution in [1.29, 1.82) is 0 Å². The molecule has 1 aliphatic heterocycles. The van der Waals surface area contributed by atoms with Crippen LogP contribution in [0, 0.1) is 23.7 Å². The highest BCUT2D eigenvalue weighted by molar-refractivity contribution is 6.03. The molecule has 9 nitrogen and oxygen atoms in total. The highest BCUT2D eigenvalue weighted by atomic mass is 16.7. The van der Waals surface area contributed by atoms with Crippen LogP contribution < -0.4 is 4.74 Å². The van der Waals surface area contributed by atoms with E-state index in [1.54, 1.807) is 19.3 Å². The molecule has 4 aliphatic rings. The maximum absolute atomic E-state index is 14.7. The Labute approximate surface area is 306 Å². The maximum Gasteiger partial charge on any atom is 0.239 e. The van der Waals surface area contributed by atoms with Gasteiger partial charge >= 0.3 is 0 Å². The molecule has 52 heavy (non-hydrogen) atoms. The van der Waals surface area contributed by atoms with Crippen LogP contribution in [-0.2, 0) is 20.9 Å². The van der Waals surface area contributed by atoms with Crippen molar-refractivity contribution in [2.24, 2.45) is 28.8 Å². The first-order valence-corrected chi connectivity index (χ1v) is 19.0. The lowest BCUT2D eigenvalue weighted by molar-refractivity contribution is -0.258. The number of fused-ring (bicyclic) bond motifs is 3. The Morgan fingerprint density at radius 2 is 1.81 bits per heavy atom. The van der Waals surface area contributed by atoms with Gasteiger partial charge in [0.25, 0.3) is 0 Å². The van der Waals surface area contributed by atoms with Crippen LogP contribution >= 0.6 is 0 Å². The summed E-state index contributed by atoms with van der Waals surface area (Å²) in [5.74, 6) is -0.852. The van der Waals surface area contributed by atoms with Crippen LogP contribution in [0.2, 0.25) is 0 Å². The highest BCUT2D eigenvalue weighted by Gasteiger charge is 2.65. The zero-order chi connectivity index (χ0) is 36.2. The first-order chi connectivity index (χ1) is 25.4. The number of hydrogen-bond donors (Lipinski definition) is 3. The second kappa shape index (κ2) is 15.8. The fraction of sp³-hybridized carbons (Fsp3) is 0.488. The number of amides is 1. The van der Waals surface area contributed by atoms with Gasteiger partial charge in [-0.3, -0.25) is 4.79 Å². The second-order valence-electron chi connectivity index (χ2n) is 14.9. The number of hydrogen-bond acceptors (Lipinski definition) is 8. The van der Waals surface area contributed by atoms with Crippen molar-refractivity contribution in [3.63, 3.8) is 0 Å². The lowest BCUT2D eigenvalue weighted by atomic mass is 9.55. The van der Waals surface area contributed by atoms with Crippen LogP contribution in [0.4, 0.5) is 0 Å². The van der Waals surface area contributed by atoms with Gasteiger partial charge in [-0.05, 0) is 90.5 Å². The fourth-order valence-corrected chi connectivity index (χ4v) is 9.29. The number of allylic oxidation sites excluding steroid dienone is 1.